The number of nitrogens with one attached hydrogen (secondary N) is 1. The summed E-state index contributed by atoms with van der Waals surface area (Å²) in [5, 5.41) is 4.42. The topological polar surface area (TPSA) is 67.2 Å². The summed E-state index contributed by atoms with van der Waals surface area (Å²) in [6.45, 7) is 6.28. The summed E-state index contributed by atoms with van der Waals surface area (Å²) in [5.74, 6) is 0.658. The molecule has 6 nitrogen and oxygen atoms in total. The minimum atomic E-state index is -3.30. The Morgan fingerprint density at radius 3 is 2.75 bits per heavy atom. The van der Waals surface area contributed by atoms with Gasteiger partial charge in [0.15, 0.2) is 0 Å². The van der Waals surface area contributed by atoms with Crippen LogP contribution in [0.5, 0.6) is 0 Å². The van der Waals surface area contributed by atoms with E-state index in [9.17, 15) is 8.42 Å². The van der Waals surface area contributed by atoms with Crippen LogP contribution in [0.15, 0.2) is 36.5 Å². The van der Waals surface area contributed by atoms with Crippen molar-refractivity contribution < 1.29 is 8.42 Å². The lowest BCUT2D eigenvalue weighted by Crippen LogP contribution is -2.24. The zero-order chi connectivity index (χ0) is 17.2. The van der Waals surface area contributed by atoms with Crippen LogP contribution in [-0.2, 0) is 16.6 Å². The molecule has 1 fully saturated rings. The van der Waals surface area contributed by atoms with E-state index in [4.69, 9.17) is 0 Å². The quantitative estimate of drug-likeness (QED) is 0.870. The Bertz CT molecular complexity index is 786. The van der Waals surface area contributed by atoms with Gasteiger partial charge in [0.2, 0.25) is 10.0 Å². The van der Waals surface area contributed by atoms with Crippen LogP contribution in [-0.4, -0.2) is 41.9 Å². The molecule has 1 aromatic carbocycles. The number of hydrogen-bond acceptors (Lipinski definition) is 4. The highest BCUT2D eigenvalue weighted by molar-refractivity contribution is 7.92. The molecule has 1 N–H and O–H groups in total. The van der Waals surface area contributed by atoms with E-state index in [-0.39, 0.29) is 11.8 Å². The van der Waals surface area contributed by atoms with Crippen LogP contribution in [0, 0.1) is 6.92 Å². The van der Waals surface area contributed by atoms with E-state index >= 15 is 0 Å². The van der Waals surface area contributed by atoms with Gasteiger partial charge in [0.1, 0.15) is 5.82 Å². The molecule has 0 unspecified atom stereocenters. The number of likely N-dealkylation sites (tertiary alicyclic amines) is 1. The van der Waals surface area contributed by atoms with E-state index in [1.807, 2.05) is 17.7 Å². The van der Waals surface area contributed by atoms with Crippen molar-refractivity contribution >= 4 is 15.8 Å². The van der Waals surface area contributed by atoms with E-state index in [2.05, 4.69) is 39.0 Å². The highest BCUT2D eigenvalue weighted by Gasteiger charge is 2.27. The van der Waals surface area contributed by atoms with E-state index in [0.717, 1.165) is 31.6 Å². The minimum absolute atomic E-state index is 0.0580. The van der Waals surface area contributed by atoms with Crippen LogP contribution in [0.4, 0.5) is 5.82 Å². The van der Waals surface area contributed by atoms with E-state index in [1.54, 1.807) is 13.1 Å². The van der Waals surface area contributed by atoms with E-state index < -0.39 is 10.0 Å². The molecule has 3 rings (SSSR count). The Morgan fingerprint density at radius 1 is 1.29 bits per heavy atom. The summed E-state index contributed by atoms with van der Waals surface area (Å²) < 4.78 is 28.4. The van der Waals surface area contributed by atoms with Gasteiger partial charge in [-0.15, -0.1) is 0 Å². The molecule has 1 aromatic heterocycles. The number of hydrogen-bond donors (Lipinski definition) is 1. The first-order valence-corrected chi connectivity index (χ1v) is 9.94. The molecular weight excluding hydrogens is 324 g/mol. The SMILES string of the molecule is CCS(=O)(=O)Nc1c(C)cnn1[C@@H]1CCN(Cc2ccccc2)C1. The summed E-state index contributed by atoms with van der Waals surface area (Å²) in [6, 6.07) is 10.6. The van der Waals surface area contributed by atoms with Gasteiger partial charge in [-0.1, -0.05) is 30.3 Å². The lowest BCUT2D eigenvalue weighted by Gasteiger charge is -2.18. The van der Waals surface area contributed by atoms with Gasteiger partial charge >= 0.3 is 0 Å². The van der Waals surface area contributed by atoms with Crippen LogP contribution >= 0.6 is 0 Å². The van der Waals surface area contributed by atoms with Gasteiger partial charge in [-0.25, -0.2) is 13.1 Å². The van der Waals surface area contributed by atoms with Crippen LogP contribution in [0.3, 0.4) is 0 Å². The van der Waals surface area contributed by atoms with Gasteiger partial charge in [-0.3, -0.25) is 9.62 Å². The van der Waals surface area contributed by atoms with E-state index in [0.29, 0.717) is 5.82 Å². The fraction of sp³-hybridized carbons (Fsp3) is 0.471. The molecule has 24 heavy (non-hydrogen) atoms. The number of anilines is 1. The summed E-state index contributed by atoms with van der Waals surface area (Å²) in [6.07, 6.45) is 2.70. The minimum Gasteiger partial charge on any atom is -0.297 e. The molecule has 7 heteroatoms. The number of sulfonamides is 1. The lowest BCUT2D eigenvalue weighted by molar-refractivity contribution is 0.312. The van der Waals surface area contributed by atoms with Crippen molar-refractivity contribution in [1.29, 1.82) is 0 Å². The van der Waals surface area contributed by atoms with Crippen molar-refractivity contribution in [3.8, 4) is 0 Å². The Labute approximate surface area is 143 Å². The largest absolute Gasteiger partial charge is 0.297 e. The summed E-state index contributed by atoms with van der Waals surface area (Å²) in [7, 11) is -3.30. The highest BCUT2D eigenvalue weighted by Crippen LogP contribution is 2.28. The molecule has 1 atom stereocenters. The Morgan fingerprint density at radius 2 is 2.04 bits per heavy atom. The van der Waals surface area contributed by atoms with Crippen molar-refractivity contribution in [3.63, 3.8) is 0 Å². The summed E-state index contributed by atoms with van der Waals surface area (Å²) >= 11 is 0. The van der Waals surface area contributed by atoms with Gasteiger partial charge in [0, 0.05) is 25.2 Å². The normalized spacial score (nSPS) is 18.8. The van der Waals surface area contributed by atoms with Crippen LogP contribution < -0.4 is 4.72 Å². The first-order chi connectivity index (χ1) is 11.5. The van der Waals surface area contributed by atoms with Gasteiger partial charge in [-0.05, 0) is 25.8 Å². The molecule has 1 saturated heterocycles. The molecule has 0 amide bonds. The third-order valence-electron chi connectivity index (χ3n) is 4.45. The fourth-order valence-corrected chi connectivity index (χ4v) is 3.76. The number of aryl methyl sites for hydroxylation is 1. The molecule has 2 heterocycles. The molecule has 130 valence electrons. The van der Waals surface area contributed by atoms with Gasteiger partial charge < -0.3 is 0 Å². The lowest BCUT2D eigenvalue weighted by atomic mass is 10.2. The average molecular weight is 348 g/mol. The maximum Gasteiger partial charge on any atom is 0.233 e. The Balaban J connectivity index is 1.72. The zero-order valence-electron chi connectivity index (χ0n) is 14.1. The van der Waals surface area contributed by atoms with Gasteiger partial charge in [-0.2, -0.15) is 5.10 Å². The predicted octanol–water partition coefficient (Wildman–Crippen LogP) is 2.40. The summed E-state index contributed by atoms with van der Waals surface area (Å²) in [5.41, 5.74) is 2.15. The van der Waals surface area contributed by atoms with E-state index in [1.165, 1.54) is 5.56 Å². The third-order valence-corrected chi connectivity index (χ3v) is 5.72. The second kappa shape index (κ2) is 6.94. The van der Waals surface area contributed by atoms with Crippen molar-refractivity contribution in [2.75, 3.05) is 23.6 Å². The zero-order valence-corrected chi connectivity index (χ0v) is 15.0. The molecule has 0 saturated carbocycles. The first-order valence-electron chi connectivity index (χ1n) is 8.29. The summed E-state index contributed by atoms with van der Waals surface area (Å²) in [4.78, 5) is 2.38. The molecule has 0 radical (unpaired) electrons. The number of rotatable bonds is 6. The molecule has 0 bridgehead atoms. The van der Waals surface area contributed by atoms with Crippen molar-refractivity contribution in [3.05, 3.63) is 47.7 Å². The molecule has 0 spiro atoms. The molecule has 2 aromatic rings. The molecule has 1 aliphatic rings. The second-order valence-corrected chi connectivity index (χ2v) is 8.30. The van der Waals surface area contributed by atoms with Gasteiger partial charge in [0.05, 0.1) is 18.0 Å². The predicted molar refractivity (Wildman–Crippen MR) is 95.4 cm³/mol. The van der Waals surface area contributed by atoms with Crippen LogP contribution in [0.1, 0.15) is 30.5 Å². The second-order valence-electron chi connectivity index (χ2n) is 6.29. The maximum atomic E-state index is 11.9. The van der Waals surface area contributed by atoms with Gasteiger partial charge in [0.25, 0.3) is 0 Å². The average Bonchev–Trinajstić information content (AvgIpc) is 3.16. The number of nitrogens with zero attached hydrogens (tertiary/aromatic N) is 3. The first kappa shape index (κ1) is 17.0. The number of benzene rings is 1. The number of aromatic nitrogens is 2. The molecular formula is C17H24N4O2S. The van der Waals surface area contributed by atoms with Crippen LogP contribution in [0.2, 0.25) is 0 Å². The fourth-order valence-electron chi connectivity index (χ4n) is 3.07. The molecule has 1 aliphatic heterocycles. The smallest absolute Gasteiger partial charge is 0.233 e. The Kier molecular flexibility index (Phi) is 4.91. The van der Waals surface area contributed by atoms with Crippen molar-refractivity contribution in [2.24, 2.45) is 0 Å². The van der Waals surface area contributed by atoms with Crippen molar-refractivity contribution in [1.82, 2.24) is 14.7 Å². The highest BCUT2D eigenvalue weighted by atomic mass is 32.2. The van der Waals surface area contributed by atoms with Crippen LogP contribution in [0.25, 0.3) is 0 Å². The van der Waals surface area contributed by atoms with Crippen molar-refractivity contribution in [2.45, 2.75) is 32.9 Å². The molecule has 0 aliphatic carbocycles. The maximum absolute atomic E-state index is 11.9. The third kappa shape index (κ3) is 3.79. The standard InChI is InChI=1S/C17H24N4O2S/c1-3-24(22,23)19-17-14(2)11-18-21(17)16-9-10-20(13-16)12-15-7-5-4-6-8-15/h4-8,11,16,19H,3,9-10,12-13H2,1-2H3/t16-/m1/s1. The Hall–Kier alpha value is -1.86. The monoisotopic (exact) mass is 348 g/mol.